The van der Waals surface area contributed by atoms with Crippen LogP contribution in [-0.2, 0) is 5.41 Å². The summed E-state index contributed by atoms with van der Waals surface area (Å²) in [6.45, 7) is 0. The molecule has 0 N–H and O–H groups in total. The molecule has 1 spiro atoms. The average Bonchev–Trinajstić information content (AvgIpc) is 3.52. The van der Waals surface area contributed by atoms with Crippen molar-refractivity contribution in [2.45, 2.75) is 28.0 Å². The highest BCUT2D eigenvalue weighted by molar-refractivity contribution is 7.99. The number of furan rings is 1. The number of rotatable bonds is 1. The van der Waals surface area contributed by atoms with E-state index in [0.717, 1.165) is 45.4 Å². The normalized spacial score (nSPS) is 18.7. The molecule has 0 saturated heterocycles. The van der Waals surface area contributed by atoms with Crippen molar-refractivity contribution in [3.8, 4) is 11.1 Å². The Balaban J connectivity index is 1.30. The van der Waals surface area contributed by atoms with Crippen LogP contribution in [0.1, 0.15) is 35.1 Å². The first-order valence-corrected chi connectivity index (χ1v) is 15.0. The van der Waals surface area contributed by atoms with Crippen LogP contribution >= 0.6 is 23.4 Å². The van der Waals surface area contributed by atoms with Gasteiger partial charge in [0.15, 0.2) is 0 Å². The van der Waals surface area contributed by atoms with Gasteiger partial charge >= 0.3 is 0 Å². The molecule has 0 saturated carbocycles. The van der Waals surface area contributed by atoms with E-state index in [2.05, 4.69) is 97.1 Å². The van der Waals surface area contributed by atoms with Crippen LogP contribution in [0.3, 0.4) is 0 Å². The van der Waals surface area contributed by atoms with Gasteiger partial charge in [-0.3, -0.25) is 0 Å². The molecule has 6 aromatic rings. The molecular weight excluding hydrogens is 528 g/mol. The number of benzene rings is 5. The second-order valence-electron chi connectivity index (χ2n) is 10.9. The Labute approximate surface area is 241 Å². The lowest BCUT2D eigenvalue weighted by Gasteiger charge is -2.42. The Morgan fingerprint density at radius 3 is 2.48 bits per heavy atom. The van der Waals surface area contributed by atoms with Crippen LogP contribution in [0, 0.1) is 0 Å². The summed E-state index contributed by atoms with van der Waals surface area (Å²) in [5, 5.41) is 3.13. The number of fused-ring (bicyclic) bond motifs is 11. The summed E-state index contributed by atoms with van der Waals surface area (Å²) in [6, 6.07) is 37.3. The van der Waals surface area contributed by atoms with E-state index in [1.54, 1.807) is 11.8 Å². The maximum atomic E-state index is 6.97. The molecule has 0 fully saturated rings. The van der Waals surface area contributed by atoms with Crippen LogP contribution in [-0.4, -0.2) is 0 Å². The molecule has 1 unspecified atom stereocenters. The summed E-state index contributed by atoms with van der Waals surface area (Å²) in [5.74, 6) is 0. The first kappa shape index (κ1) is 22.8. The van der Waals surface area contributed by atoms with Gasteiger partial charge in [0.25, 0.3) is 0 Å². The van der Waals surface area contributed by atoms with Gasteiger partial charge in [-0.25, -0.2) is 0 Å². The molecule has 40 heavy (non-hydrogen) atoms. The van der Waals surface area contributed by atoms with Gasteiger partial charge in [0.05, 0.1) is 10.4 Å². The Hall–Kier alpha value is -3.98. The fourth-order valence-corrected chi connectivity index (χ4v) is 8.82. The number of hydrogen-bond donors (Lipinski definition) is 0. The monoisotopic (exact) mass is 550 g/mol. The molecule has 3 aliphatic rings. The fraction of sp³-hybridized carbons (Fsp3) is 0.0811. The lowest BCUT2D eigenvalue weighted by molar-refractivity contribution is 0.664. The van der Waals surface area contributed by atoms with Crippen LogP contribution in [0.15, 0.2) is 135 Å². The summed E-state index contributed by atoms with van der Waals surface area (Å²) in [5.41, 5.74) is 12.1. The third kappa shape index (κ3) is 2.90. The van der Waals surface area contributed by atoms with E-state index in [-0.39, 0.29) is 5.41 Å². The van der Waals surface area contributed by atoms with Gasteiger partial charge in [-0.05, 0) is 87.7 Å². The zero-order chi connectivity index (χ0) is 26.4. The minimum absolute atomic E-state index is 0.335. The van der Waals surface area contributed by atoms with Crippen molar-refractivity contribution in [1.29, 1.82) is 0 Å². The minimum Gasteiger partial charge on any atom is -0.456 e. The molecule has 2 aliphatic carbocycles. The summed E-state index contributed by atoms with van der Waals surface area (Å²) < 4.78 is 6.23. The van der Waals surface area contributed by atoms with Crippen LogP contribution in [0.5, 0.6) is 0 Å². The highest BCUT2D eigenvalue weighted by Gasteiger charge is 2.51. The van der Waals surface area contributed by atoms with Gasteiger partial charge in [0.1, 0.15) is 11.2 Å². The molecule has 0 radical (unpaired) electrons. The predicted octanol–water partition coefficient (Wildman–Crippen LogP) is 10.8. The average molecular weight is 551 g/mol. The van der Waals surface area contributed by atoms with Crippen molar-refractivity contribution >= 4 is 50.9 Å². The van der Waals surface area contributed by atoms with E-state index in [0.29, 0.717) is 0 Å². The zero-order valence-corrected chi connectivity index (χ0v) is 23.2. The van der Waals surface area contributed by atoms with Crippen molar-refractivity contribution in [2.24, 2.45) is 0 Å². The van der Waals surface area contributed by atoms with Crippen LogP contribution in [0.25, 0.3) is 38.6 Å². The van der Waals surface area contributed by atoms with Crippen molar-refractivity contribution in [3.63, 3.8) is 0 Å². The summed E-state index contributed by atoms with van der Waals surface area (Å²) in [6.07, 6.45) is 6.77. The summed E-state index contributed by atoms with van der Waals surface area (Å²) in [7, 11) is 0. The highest BCUT2D eigenvalue weighted by Crippen LogP contribution is 2.63. The van der Waals surface area contributed by atoms with E-state index < -0.39 is 0 Å². The first-order valence-electron chi connectivity index (χ1n) is 13.8. The SMILES string of the molecule is Clc1cccc2c1Sc1cc(-c3ccc4c(c3)oc3ccccc34)ccc1C21C2=C(C=CCC2)c2ccccc21. The van der Waals surface area contributed by atoms with E-state index in [9.17, 15) is 0 Å². The second-order valence-corrected chi connectivity index (χ2v) is 12.3. The van der Waals surface area contributed by atoms with Gasteiger partial charge in [0.2, 0.25) is 0 Å². The van der Waals surface area contributed by atoms with Crippen LogP contribution < -0.4 is 0 Å². The molecule has 0 bridgehead atoms. The second kappa shape index (κ2) is 8.27. The Bertz CT molecular complexity index is 2110. The van der Waals surface area contributed by atoms with Crippen molar-refractivity contribution in [2.75, 3.05) is 0 Å². The fourth-order valence-electron chi connectivity index (χ4n) is 7.29. The van der Waals surface area contributed by atoms with Crippen molar-refractivity contribution < 1.29 is 4.42 Å². The van der Waals surface area contributed by atoms with Gasteiger partial charge in [-0.15, -0.1) is 0 Å². The Kier molecular flexibility index (Phi) is 4.71. The molecule has 1 atom stereocenters. The summed E-state index contributed by atoms with van der Waals surface area (Å²) in [4.78, 5) is 2.43. The molecule has 2 heterocycles. The van der Waals surface area contributed by atoms with Gasteiger partial charge in [-0.2, -0.15) is 0 Å². The lowest BCUT2D eigenvalue weighted by atomic mass is 9.65. The van der Waals surface area contributed by atoms with Crippen molar-refractivity contribution in [1.82, 2.24) is 0 Å². The lowest BCUT2D eigenvalue weighted by Crippen LogP contribution is -2.33. The molecule has 1 aliphatic heterocycles. The molecule has 3 heteroatoms. The minimum atomic E-state index is -0.335. The molecule has 1 aromatic heterocycles. The quantitative estimate of drug-likeness (QED) is 0.202. The van der Waals surface area contributed by atoms with Gasteiger partial charge < -0.3 is 4.42 Å². The van der Waals surface area contributed by atoms with Crippen LogP contribution in [0.4, 0.5) is 0 Å². The Morgan fingerprint density at radius 1 is 0.700 bits per heavy atom. The number of allylic oxidation sites excluding steroid dienone is 4. The third-order valence-electron chi connectivity index (χ3n) is 8.93. The largest absolute Gasteiger partial charge is 0.456 e. The predicted molar refractivity (Wildman–Crippen MR) is 166 cm³/mol. The molecule has 190 valence electrons. The highest BCUT2D eigenvalue weighted by atomic mass is 35.5. The van der Waals surface area contributed by atoms with Crippen molar-refractivity contribution in [3.05, 3.63) is 148 Å². The molecular formula is C37H23ClOS. The number of halogens is 1. The van der Waals surface area contributed by atoms with E-state index >= 15 is 0 Å². The van der Waals surface area contributed by atoms with Crippen LogP contribution in [0.2, 0.25) is 5.02 Å². The number of hydrogen-bond acceptors (Lipinski definition) is 2. The standard InChI is InChI=1S/C37H23ClOS/c38-32-14-7-13-31-36(32)40-35-21-23(22-16-18-27-26-10-3-6-15-33(26)39-34(27)20-22)17-19-30(35)37(31)28-11-4-1-8-24(28)25-9-2-5-12-29(25)37/h1-4,6-11,13-21H,5,12H2. The molecule has 9 rings (SSSR count). The third-order valence-corrected chi connectivity index (χ3v) is 10.6. The first-order chi connectivity index (χ1) is 19.7. The Morgan fingerprint density at radius 2 is 1.50 bits per heavy atom. The van der Waals surface area contributed by atoms with E-state index in [1.165, 1.54) is 48.8 Å². The maximum Gasteiger partial charge on any atom is 0.136 e. The molecule has 5 aromatic carbocycles. The maximum absolute atomic E-state index is 6.97. The van der Waals surface area contributed by atoms with E-state index in [1.807, 2.05) is 18.2 Å². The van der Waals surface area contributed by atoms with Gasteiger partial charge in [-0.1, -0.05) is 108 Å². The topological polar surface area (TPSA) is 13.1 Å². The molecule has 0 amide bonds. The zero-order valence-electron chi connectivity index (χ0n) is 21.6. The smallest absolute Gasteiger partial charge is 0.136 e. The van der Waals surface area contributed by atoms with E-state index in [4.69, 9.17) is 16.0 Å². The van der Waals surface area contributed by atoms with Gasteiger partial charge in [0, 0.05) is 20.6 Å². The summed E-state index contributed by atoms with van der Waals surface area (Å²) >= 11 is 8.77. The molecule has 1 nitrogen and oxygen atoms in total. The number of para-hydroxylation sites is 1.